The van der Waals surface area contributed by atoms with Gasteiger partial charge in [-0.25, -0.2) is 9.97 Å². The Balaban J connectivity index is 1.10. The lowest BCUT2D eigenvalue weighted by Gasteiger charge is -2.26. The summed E-state index contributed by atoms with van der Waals surface area (Å²) in [6.07, 6.45) is -0.908. The Morgan fingerprint density at radius 1 is 1.02 bits per heavy atom. The zero-order valence-electron chi connectivity index (χ0n) is 22.0. The van der Waals surface area contributed by atoms with Crippen LogP contribution >= 0.6 is 0 Å². The summed E-state index contributed by atoms with van der Waals surface area (Å²) in [6.45, 7) is 6.01. The smallest absolute Gasteiger partial charge is 0.379 e. The van der Waals surface area contributed by atoms with Crippen LogP contribution in [0.1, 0.15) is 21.6 Å². The van der Waals surface area contributed by atoms with E-state index in [-0.39, 0.29) is 11.6 Å². The van der Waals surface area contributed by atoms with Crippen LogP contribution in [0.2, 0.25) is 0 Å². The molecule has 1 saturated heterocycles. The molecule has 0 radical (unpaired) electrons. The van der Waals surface area contributed by atoms with Crippen LogP contribution in [-0.2, 0) is 17.5 Å². The number of pyridine rings is 1. The molecule has 9 nitrogen and oxygen atoms in total. The van der Waals surface area contributed by atoms with Crippen LogP contribution in [0.4, 0.5) is 19.1 Å². The fourth-order valence-electron chi connectivity index (χ4n) is 4.83. The molecule has 2 aromatic carbocycles. The second-order valence-corrected chi connectivity index (χ2v) is 9.91. The van der Waals surface area contributed by atoms with E-state index in [4.69, 9.17) is 4.74 Å². The van der Waals surface area contributed by atoms with Gasteiger partial charge >= 0.3 is 6.18 Å². The van der Waals surface area contributed by atoms with Crippen molar-refractivity contribution in [2.24, 2.45) is 0 Å². The number of carbonyl (C=O) groups excluding carboxylic acids is 1. The molecule has 0 aliphatic carbocycles. The molecule has 0 saturated carbocycles. The predicted octanol–water partition coefficient (Wildman–Crippen LogP) is 4.57. The number of hydrogen-bond donors (Lipinski definition) is 3. The van der Waals surface area contributed by atoms with Crippen molar-refractivity contribution in [1.82, 2.24) is 29.6 Å². The molecule has 6 rings (SSSR count). The van der Waals surface area contributed by atoms with E-state index in [0.29, 0.717) is 34.4 Å². The molecule has 0 unspecified atom stereocenters. The molecule has 1 fully saturated rings. The Hall–Kier alpha value is -4.26. The molecule has 0 bridgehead atoms. The third kappa shape index (κ3) is 6.24. The second-order valence-electron chi connectivity index (χ2n) is 9.91. The summed E-state index contributed by atoms with van der Waals surface area (Å²) < 4.78 is 46.6. The fourth-order valence-corrected chi connectivity index (χ4v) is 4.83. The van der Waals surface area contributed by atoms with Crippen molar-refractivity contribution >= 4 is 28.5 Å². The molecular formula is C29H28F3N7O2. The summed E-state index contributed by atoms with van der Waals surface area (Å²) >= 11 is 0. The van der Waals surface area contributed by atoms with Crippen molar-refractivity contribution in [1.29, 1.82) is 0 Å². The SMILES string of the molecule is O=C(Nc1nc2ccc(-c3cccc(C(F)(F)F)c3)cc2[nH]1)c1cn2ccc(CNCCN3CCOCC3)cc2n1. The van der Waals surface area contributed by atoms with Crippen LogP contribution < -0.4 is 10.6 Å². The number of anilines is 1. The third-order valence-electron chi connectivity index (χ3n) is 7.03. The number of hydrogen-bond acceptors (Lipinski definition) is 6. The number of fused-ring (bicyclic) bond motifs is 2. The summed E-state index contributed by atoms with van der Waals surface area (Å²) in [5.74, 6) is -0.218. The van der Waals surface area contributed by atoms with Gasteiger partial charge in [-0.2, -0.15) is 13.2 Å². The van der Waals surface area contributed by atoms with E-state index < -0.39 is 17.6 Å². The van der Waals surface area contributed by atoms with E-state index in [1.807, 2.05) is 18.3 Å². The van der Waals surface area contributed by atoms with Gasteiger partial charge in [-0.05, 0) is 53.1 Å². The van der Waals surface area contributed by atoms with E-state index in [1.54, 1.807) is 34.9 Å². The van der Waals surface area contributed by atoms with Crippen molar-refractivity contribution in [3.8, 4) is 11.1 Å². The molecule has 0 atom stereocenters. The maximum absolute atomic E-state index is 13.1. The van der Waals surface area contributed by atoms with Gasteiger partial charge < -0.3 is 19.4 Å². The number of aromatic nitrogens is 4. The number of benzene rings is 2. The lowest BCUT2D eigenvalue weighted by molar-refractivity contribution is -0.137. The Labute approximate surface area is 233 Å². The standard InChI is InChI=1S/C29H28F3N7O2/c30-29(31,32)22-3-1-2-20(15-22)21-4-5-23-24(16-21)36-28(35-23)37-27(40)25-18-39-8-6-19(14-26(39)34-25)17-33-7-9-38-10-12-41-13-11-38/h1-6,8,14-16,18,33H,7,9-13,17H2,(H2,35,36,37,40). The number of halogens is 3. The van der Waals surface area contributed by atoms with Gasteiger partial charge in [-0.15, -0.1) is 0 Å². The van der Waals surface area contributed by atoms with Crippen LogP contribution in [0.3, 0.4) is 0 Å². The van der Waals surface area contributed by atoms with Crippen molar-refractivity contribution in [2.45, 2.75) is 12.7 Å². The summed E-state index contributed by atoms with van der Waals surface area (Å²) in [4.78, 5) is 27.2. The molecule has 5 aromatic rings. The maximum atomic E-state index is 13.1. The molecule has 212 valence electrons. The first-order valence-corrected chi connectivity index (χ1v) is 13.3. The van der Waals surface area contributed by atoms with Crippen LogP contribution in [0.25, 0.3) is 27.8 Å². The van der Waals surface area contributed by atoms with Gasteiger partial charge in [0.25, 0.3) is 5.91 Å². The zero-order chi connectivity index (χ0) is 28.4. The van der Waals surface area contributed by atoms with E-state index in [0.717, 1.165) is 57.1 Å². The van der Waals surface area contributed by atoms with Gasteiger partial charge in [-0.1, -0.05) is 18.2 Å². The highest BCUT2D eigenvalue weighted by atomic mass is 19.4. The molecule has 3 N–H and O–H groups in total. The van der Waals surface area contributed by atoms with E-state index in [9.17, 15) is 18.0 Å². The van der Waals surface area contributed by atoms with Gasteiger partial charge in [-0.3, -0.25) is 15.0 Å². The number of amides is 1. The predicted molar refractivity (Wildman–Crippen MR) is 149 cm³/mol. The van der Waals surface area contributed by atoms with E-state index in [1.165, 1.54) is 6.07 Å². The van der Waals surface area contributed by atoms with Gasteiger partial charge in [0.2, 0.25) is 5.95 Å². The average Bonchev–Trinajstić information content (AvgIpc) is 3.58. The molecule has 0 spiro atoms. The fraction of sp³-hybridized carbons (Fsp3) is 0.276. The van der Waals surface area contributed by atoms with Gasteiger partial charge in [0.05, 0.1) is 29.8 Å². The van der Waals surface area contributed by atoms with Crippen LogP contribution in [0, 0.1) is 0 Å². The largest absolute Gasteiger partial charge is 0.416 e. The number of rotatable bonds is 8. The third-order valence-corrected chi connectivity index (χ3v) is 7.03. The number of imidazole rings is 2. The second kappa shape index (κ2) is 11.3. The van der Waals surface area contributed by atoms with Crippen molar-refractivity contribution in [3.05, 3.63) is 83.8 Å². The van der Waals surface area contributed by atoms with Gasteiger partial charge in [0.1, 0.15) is 11.3 Å². The number of ether oxygens (including phenoxy) is 1. The minimum absolute atomic E-state index is 0.216. The number of nitrogens with zero attached hydrogens (tertiary/aromatic N) is 4. The number of nitrogens with one attached hydrogen (secondary N) is 3. The number of morpholine rings is 1. The highest BCUT2D eigenvalue weighted by Gasteiger charge is 2.30. The van der Waals surface area contributed by atoms with E-state index in [2.05, 4.69) is 30.5 Å². The molecule has 1 aliphatic rings. The Bertz CT molecular complexity index is 1690. The first-order valence-electron chi connectivity index (χ1n) is 13.3. The summed E-state index contributed by atoms with van der Waals surface area (Å²) in [5.41, 5.74) is 3.39. The summed E-state index contributed by atoms with van der Waals surface area (Å²) in [5, 5.41) is 6.18. The molecule has 1 amide bonds. The number of H-pyrrole nitrogens is 1. The molecule has 3 aromatic heterocycles. The van der Waals surface area contributed by atoms with Crippen molar-refractivity contribution in [2.75, 3.05) is 44.7 Å². The average molecular weight is 564 g/mol. The van der Waals surface area contributed by atoms with E-state index >= 15 is 0 Å². The first kappa shape index (κ1) is 26.9. The Morgan fingerprint density at radius 3 is 2.68 bits per heavy atom. The lowest BCUT2D eigenvalue weighted by Crippen LogP contribution is -2.40. The molecule has 1 aliphatic heterocycles. The van der Waals surface area contributed by atoms with Crippen molar-refractivity contribution in [3.63, 3.8) is 0 Å². The maximum Gasteiger partial charge on any atom is 0.416 e. The monoisotopic (exact) mass is 563 g/mol. The summed E-state index contributed by atoms with van der Waals surface area (Å²) in [7, 11) is 0. The number of carbonyl (C=O) groups is 1. The minimum atomic E-state index is -4.43. The highest BCUT2D eigenvalue weighted by molar-refractivity contribution is 6.03. The highest BCUT2D eigenvalue weighted by Crippen LogP contribution is 2.33. The quantitative estimate of drug-likeness (QED) is 0.239. The normalized spacial score (nSPS) is 14.6. The Kier molecular flexibility index (Phi) is 7.43. The number of alkyl halides is 3. The Morgan fingerprint density at radius 2 is 1.85 bits per heavy atom. The topological polar surface area (TPSA) is 99.6 Å². The van der Waals surface area contributed by atoms with Crippen LogP contribution in [0.5, 0.6) is 0 Å². The zero-order valence-corrected chi connectivity index (χ0v) is 22.0. The minimum Gasteiger partial charge on any atom is -0.379 e. The van der Waals surface area contributed by atoms with Crippen LogP contribution in [0.15, 0.2) is 67.0 Å². The molecule has 41 heavy (non-hydrogen) atoms. The van der Waals surface area contributed by atoms with Gasteiger partial charge in [0, 0.05) is 45.1 Å². The molecule has 4 heterocycles. The first-order chi connectivity index (χ1) is 19.8. The van der Waals surface area contributed by atoms with Crippen LogP contribution in [-0.4, -0.2) is 69.6 Å². The lowest BCUT2D eigenvalue weighted by atomic mass is 10.0. The number of aromatic amines is 1. The summed E-state index contributed by atoms with van der Waals surface area (Å²) in [6, 6.07) is 14.2. The van der Waals surface area contributed by atoms with Crippen molar-refractivity contribution < 1.29 is 22.7 Å². The molecule has 12 heteroatoms. The molecular weight excluding hydrogens is 535 g/mol. The van der Waals surface area contributed by atoms with Gasteiger partial charge in [0.15, 0.2) is 0 Å².